The van der Waals surface area contributed by atoms with Crippen molar-refractivity contribution in [3.8, 4) is 0 Å². The van der Waals surface area contributed by atoms with Crippen molar-refractivity contribution in [1.82, 2.24) is 4.90 Å². The maximum atomic E-state index is 11.6. The summed E-state index contributed by atoms with van der Waals surface area (Å²) in [5.74, 6) is 0.0544. The van der Waals surface area contributed by atoms with E-state index in [9.17, 15) is 13.2 Å². The van der Waals surface area contributed by atoms with Gasteiger partial charge in [0.05, 0.1) is 16.8 Å². The minimum atomic E-state index is -2.94. The summed E-state index contributed by atoms with van der Waals surface area (Å²) in [7, 11) is -2.94. The fourth-order valence-corrected chi connectivity index (χ4v) is 3.27. The first-order valence-electron chi connectivity index (χ1n) is 4.52. The van der Waals surface area contributed by atoms with Crippen molar-refractivity contribution in [1.29, 1.82) is 0 Å². The van der Waals surface area contributed by atoms with Gasteiger partial charge in [0.15, 0.2) is 9.84 Å². The highest BCUT2D eigenvalue weighted by Crippen LogP contribution is 2.14. The average Bonchev–Trinajstić information content (AvgIpc) is 2.01. The first-order chi connectivity index (χ1) is 6.33. The molecule has 0 N–H and O–H groups in total. The lowest BCUT2D eigenvalue weighted by Crippen LogP contribution is -2.51. The maximum absolute atomic E-state index is 11.6. The van der Waals surface area contributed by atoms with E-state index in [1.807, 2.05) is 0 Å². The number of sulfone groups is 1. The van der Waals surface area contributed by atoms with Gasteiger partial charge >= 0.3 is 0 Å². The van der Waals surface area contributed by atoms with E-state index in [2.05, 4.69) is 12.6 Å². The van der Waals surface area contributed by atoms with Crippen molar-refractivity contribution < 1.29 is 13.2 Å². The Morgan fingerprint density at radius 2 is 2.14 bits per heavy atom. The second-order valence-corrected chi connectivity index (χ2v) is 6.67. The summed E-state index contributed by atoms with van der Waals surface area (Å²) in [6, 6.07) is -0.226. The van der Waals surface area contributed by atoms with Crippen LogP contribution < -0.4 is 0 Å². The van der Waals surface area contributed by atoms with Crippen LogP contribution in [-0.2, 0) is 14.6 Å². The predicted octanol–water partition coefficient (Wildman–Crippen LogP) is -0.0498. The maximum Gasteiger partial charge on any atom is 0.235 e. The van der Waals surface area contributed by atoms with E-state index in [-0.39, 0.29) is 28.7 Å². The van der Waals surface area contributed by atoms with E-state index in [1.54, 1.807) is 18.7 Å². The van der Waals surface area contributed by atoms with Gasteiger partial charge in [0.1, 0.15) is 0 Å². The molecular weight excluding hydrogens is 222 g/mol. The number of hydrogen-bond donors (Lipinski definition) is 1. The number of carbonyl (C=O) groups is 1. The van der Waals surface area contributed by atoms with Crippen LogP contribution in [0.15, 0.2) is 0 Å². The molecule has 1 amide bonds. The van der Waals surface area contributed by atoms with Crippen LogP contribution in [0.4, 0.5) is 0 Å². The van der Waals surface area contributed by atoms with E-state index in [0.717, 1.165) is 0 Å². The summed E-state index contributed by atoms with van der Waals surface area (Å²) >= 11 is 4.05. The van der Waals surface area contributed by atoms with Gasteiger partial charge in [0.25, 0.3) is 0 Å². The molecule has 2 atom stereocenters. The van der Waals surface area contributed by atoms with Gasteiger partial charge in [0.2, 0.25) is 5.91 Å². The van der Waals surface area contributed by atoms with Crippen molar-refractivity contribution in [2.75, 3.05) is 18.1 Å². The van der Waals surface area contributed by atoms with Crippen LogP contribution in [0.5, 0.6) is 0 Å². The number of thiol groups is 1. The Kier molecular flexibility index (Phi) is 3.47. The number of hydrogen-bond acceptors (Lipinski definition) is 4. The van der Waals surface area contributed by atoms with Gasteiger partial charge in [-0.3, -0.25) is 4.79 Å². The van der Waals surface area contributed by atoms with Crippen molar-refractivity contribution in [3.63, 3.8) is 0 Å². The van der Waals surface area contributed by atoms with E-state index in [1.165, 1.54) is 0 Å². The van der Waals surface area contributed by atoms with E-state index in [0.29, 0.717) is 6.54 Å². The molecule has 82 valence electrons. The van der Waals surface area contributed by atoms with E-state index < -0.39 is 9.84 Å². The monoisotopic (exact) mass is 237 g/mol. The van der Waals surface area contributed by atoms with Gasteiger partial charge in [-0.1, -0.05) is 0 Å². The van der Waals surface area contributed by atoms with Crippen molar-refractivity contribution in [3.05, 3.63) is 0 Å². The molecule has 1 rings (SSSR count). The molecule has 1 aliphatic heterocycles. The van der Waals surface area contributed by atoms with Crippen LogP contribution in [0, 0.1) is 0 Å². The van der Waals surface area contributed by atoms with Gasteiger partial charge in [-0.2, -0.15) is 12.6 Å². The second-order valence-electron chi connectivity index (χ2n) is 3.67. The van der Waals surface area contributed by atoms with Gasteiger partial charge in [-0.05, 0) is 13.8 Å². The lowest BCUT2D eigenvalue weighted by atomic mass is 10.2. The van der Waals surface area contributed by atoms with Crippen LogP contribution in [0.2, 0.25) is 0 Å². The minimum absolute atomic E-state index is 0.0687. The standard InChI is InChI=1S/C8H15NO3S2/c1-6-5-14(11,12)4-3-9(6)8(10)7(2)13/h6-7,13H,3-5H2,1-2H3. The largest absolute Gasteiger partial charge is 0.337 e. The molecule has 14 heavy (non-hydrogen) atoms. The molecule has 0 saturated carbocycles. The fraction of sp³-hybridized carbons (Fsp3) is 0.875. The third-order valence-corrected chi connectivity index (χ3v) is 4.33. The van der Waals surface area contributed by atoms with Crippen molar-refractivity contribution in [2.45, 2.75) is 25.1 Å². The van der Waals surface area contributed by atoms with Gasteiger partial charge in [0, 0.05) is 12.6 Å². The molecule has 6 heteroatoms. The zero-order valence-corrected chi connectivity index (χ0v) is 10.0. The SMILES string of the molecule is CC(S)C(=O)N1CCS(=O)(=O)CC1C. The average molecular weight is 237 g/mol. The molecule has 1 heterocycles. The van der Waals surface area contributed by atoms with Crippen LogP contribution in [0.1, 0.15) is 13.8 Å². The van der Waals surface area contributed by atoms with Gasteiger partial charge in [-0.15, -0.1) is 0 Å². The molecule has 1 saturated heterocycles. The quantitative estimate of drug-likeness (QED) is 0.651. The summed E-state index contributed by atoms with van der Waals surface area (Å²) in [5.41, 5.74) is 0. The zero-order chi connectivity index (χ0) is 10.9. The van der Waals surface area contributed by atoms with Crippen LogP contribution >= 0.6 is 12.6 Å². The molecule has 0 aromatic heterocycles. The Bertz CT molecular complexity index is 323. The Labute approximate surface area is 90.0 Å². The normalized spacial score (nSPS) is 28.5. The lowest BCUT2D eigenvalue weighted by Gasteiger charge is -2.34. The summed E-state index contributed by atoms with van der Waals surface area (Å²) in [6.45, 7) is 3.75. The Balaban J connectivity index is 2.72. The van der Waals surface area contributed by atoms with E-state index >= 15 is 0 Å². The highest BCUT2D eigenvalue weighted by molar-refractivity contribution is 7.91. The topological polar surface area (TPSA) is 54.5 Å². The van der Waals surface area contributed by atoms with Gasteiger partial charge in [-0.25, -0.2) is 8.42 Å². The van der Waals surface area contributed by atoms with Crippen molar-refractivity contribution in [2.24, 2.45) is 0 Å². The van der Waals surface area contributed by atoms with E-state index in [4.69, 9.17) is 0 Å². The van der Waals surface area contributed by atoms with Gasteiger partial charge < -0.3 is 4.90 Å². The number of carbonyl (C=O) groups excluding carboxylic acids is 1. The minimum Gasteiger partial charge on any atom is -0.337 e. The summed E-state index contributed by atoms with van der Waals surface area (Å²) < 4.78 is 22.5. The number of nitrogens with zero attached hydrogens (tertiary/aromatic N) is 1. The number of amides is 1. The molecule has 1 aliphatic rings. The molecule has 1 fully saturated rings. The Morgan fingerprint density at radius 3 is 2.57 bits per heavy atom. The second kappa shape index (κ2) is 4.10. The first-order valence-corrected chi connectivity index (χ1v) is 6.86. The molecule has 0 aliphatic carbocycles. The molecule has 0 radical (unpaired) electrons. The molecular formula is C8H15NO3S2. The summed E-state index contributed by atoms with van der Waals surface area (Å²) in [5, 5.41) is -0.363. The zero-order valence-electron chi connectivity index (χ0n) is 8.30. The first kappa shape index (κ1) is 11.8. The fourth-order valence-electron chi connectivity index (χ4n) is 1.57. The molecule has 0 bridgehead atoms. The Morgan fingerprint density at radius 1 is 1.57 bits per heavy atom. The number of rotatable bonds is 1. The van der Waals surface area contributed by atoms with Crippen molar-refractivity contribution >= 4 is 28.4 Å². The highest BCUT2D eigenvalue weighted by Gasteiger charge is 2.32. The highest BCUT2D eigenvalue weighted by atomic mass is 32.2. The van der Waals surface area contributed by atoms with Crippen LogP contribution in [-0.4, -0.2) is 48.6 Å². The van der Waals surface area contributed by atoms with Crippen LogP contribution in [0.25, 0.3) is 0 Å². The molecule has 0 aromatic rings. The third-order valence-electron chi connectivity index (χ3n) is 2.31. The summed E-state index contributed by atoms with van der Waals surface area (Å²) in [4.78, 5) is 13.2. The molecule has 4 nitrogen and oxygen atoms in total. The molecule has 2 unspecified atom stereocenters. The molecule has 0 aromatic carbocycles. The predicted molar refractivity (Wildman–Crippen MR) is 58.3 cm³/mol. The Hall–Kier alpha value is -0.230. The third kappa shape index (κ3) is 2.63. The molecule has 0 spiro atoms. The lowest BCUT2D eigenvalue weighted by molar-refractivity contribution is -0.131. The smallest absolute Gasteiger partial charge is 0.235 e. The summed E-state index contributed by atoms with van der Waals surface area (Å²) in [6.07, 6.45) is 0. The van der Waals surface area contributed by atoms with Crippen LogP contribution in [0.3, 0.4) is 0 Å².